The Balaban J connectivity index is 1.69. The van der Waals surface area contributed by atoms with Crippen molar-refractivity contribution in [3.8, 4) is 5.75 Å². The molecule has 1 aliphatic rings. The fourth-order valence-electron chi connectivity index (χ4n) is 3.93. The van der Waals surface area contributed by atoms with Gasteiger partial charge in [-0.15, -0.1) is 0 Å². The Morgan fingerprint density at radius 2 is 1.97 bits per heavy atom. The largest absolute Gasteiger partial charge is 0.494 e. The third-order valence-corrected chi connectivity index (χ3v) is 6.17. The Hall–Kier alpha value is -2.35. The highest BCUT2D eigenvalue weighted by molar-refractivity contribution is 6.45. The number of aromatic nitrogens is 3. The summed E-state index contributed by atoms with van der Waals surface area (Å²) in [4.78, 5) is 23.0. The van der Waals surface area contributed by atoms with Crippen LogP contribution >= 0.6 is 23.2 Å². The molecule has 0 fully saturated rings. The predicted molar refractivity (Wildman–Crippen MR) is 115 cm³/mol. The average molecular weight is 449 g/mol. The van der Waals surface area contributed by atoms with Crippen LogP contribution in [0.1, 0.15) is 28.3 Å². The molecule has 7 nitrogen and oxygen atoms in total. The summed E-state index contributed by atoms with van der Waals surface area (Å²) in [6, 6.07) is 3.78. The van der Waals surface area contributed by atoms with Crippen LogP contribution < -0.4 is 4.74 Å². The summed E-state index contributed by atoms with van der Waals surface area (Å²) in [6.07, 6.45) is 4.57. The minimum absolute atomic E-state index is 0.157. The van der Waals surface area contributed by atoms with Crippen molar-refractivity contribution in [1.29, 1.82) is 0 Å². The maximum atomic E-state index is 13.0. The van der Waals surface area contributed by atoms with Gasteiger partial charge in [0.05, 0.1) is 35.1 Å². The van der Waals surface area contributed by atoms with Crippen LogP contribution in [-0.2, 0) is 24.2 Å². The number of amides is 1. The van der Waals surface area contributed by atoms with Gasteiger partial charge in [-0.05, 0) is 12.5 Å². The molecule has 0 unspecified atom stereocenters. The van der Waals surface area contributed by atoms with Gasteiger partial charge in [-0.2, -0.15) is 0 Å². The van der Waals surface area contributed by atoms with Crippen LogP contribution in [0, 0.1) is 0 Å². The molecule has 0 bridgehead atoms. The minimum atomic E-state index is -0.205. The Morgan fingerprint density at radius 3 is 2.67 bits per heavy atom. The molecule has 0 atom stereocenters. The smallest absolute Gasteiger partial charge is 0.291 e. The summed E-state index contributed by atoms with van der Waals surface area (Å²) in [5.41, 5.74) is 3.19. The normalized spacial score (nSPS) is 13.5. The molecular weight excluding hydrogens is 427 g/mol. The molecule has 1 aromatic carbocycles. The van der Waals surface area contributed by atoms with E-state index in [9.17, 15) is 4.79 Å². The van der Waals surface area contributed by atoms with Crippen LogP contribution in [0.25, 0.3) is 10.9 Å². The van der Waals surface area contributed by atoms with Gasteiger partial charge in [-0.3, -0.25) is 4.79 Å². The van der Waals surface area contributed by atoms with Gasteiger partial charge in [0, 0.05) is 56.4 Å². The summed E-state index contributed by atoms with van der Waals surface area (Å²) in [7, 11) is 3.23. The number of methoxy groups -OCH3 is 2. The standard InChI is InChI=1S/C21H22Cl2N4O3/c1-29-9-3-7-27-17-6-8-26(21(28)20-24-10-13(30-2)11-25-20)12-15(17)14-4-5-16(22)18(23)19(14)27/h4-5,10-11H,3,6-9,12H2,1-2H3. The lowest BCUT2D eigenvalue weighted by Gasteiger charge is -2.27. The van der Waals surface area contributed by atoms with Crippen LogP contribution in [0.3, 0.4) is 0 Å². The summed E-state index contributed by atoms with van der Waals surface area (Å²) in [5, 5.41) is 2.08. The number of carbonyl (C=O) groups excluding carboxylic acids is 1. The number of fused-ring (bicyclic) bond motifs is 3. The first kappa shape index (κ1) is 20.9. The number of carbonyl (C=O) groups is 1. The highest BCUT2D eigenvalue weighted by Crippen LogP contribution is 2.38. The van der Waals surface area contributed by atoms with Crippen LogP contribution in [0.15, 0.2) is 24.5 Å². The van der Waals surface area contributed by atoms with Crippen LogP contribution in [0.4, 0.5) is 0 Å². The lowest BCUT2D eigenvalue weighted by Crippen LogP contribution is -2.37. The van der Waals surface area contributed by atoms with Crippen molar-refractivity contribution in [2.75, 3.05) is 27.4 Å². The summed E-state index contributed by atoms with van der Waals surface area (Å²) in [6.45, 7) is 2.48. The van der Waals surface area contributed by atoms with Gasteiger partial charge in [0.2, 0.25) is 5.82 Å². The molecule has 1 aliphatic heterocycles. The fourth-order valence-corrected chi connectivity index (χ4v) is 4.35. The maximum Gasteiger partial charge on any atom is 0.291 e. The van der Waals surface area contributed by atoms with Crippen molar-refractivity contribution in [3.63, 3.8) is 0 Å². The second kappa shape index (κ2) is 8.79. The number of aryl methyl sites for hydroxylation is 1. The van der Waals surface area contributed by atoms with E-state index in [1.54, 1.807) is 18.1 Å². The second-order valence-corrected chi connectivity index (χ2v) is 7.89. The number of benzene rings is 1. The monoisotopic (exact) mass is 448 g/mol. The molecule has 0 N–H and O–H groups in total. The molecule has 3 aromatic rings. The minimum Gasteiger partial charge on any atom is -0.494 e. The Kier molecular flexibility index (Phi) is 6.13. The molecule has 0 saturated carbocycles. The van der Waals surface area contributed by atoms with Crippen LogP contribution in [0.2, 0.25) is 10.0 Å². The van der Waals surface area contributed by atoms with E-state index in [4.69, 9.17) is 32.7 Å². The van der Waals surface area contributed by atoms with E-state index in [0.29, 0.717) is 41.9 Å². The highest BCUT2D eigenvalue weighted by atomic mass is 35.5. The van der Waals surface area contributed by atoms with Crippen molar-refractivity contribution in [2.45, 2.75) is 25.9 Å². The Labute approximate surface area is 184 Å². The molecule has 9 heteroatoms. The summed E-state index contributed by atoms with van der Waals surface area (Å²) < 4.78 is 12.5. The number of halogens is 2. The molecular formula is C21H22Cl2N4O3. The Morgan fingerprint density at radius 1 is 1.20 bits per heavy atom. The first-order chi connectivity index (χ1) is 14.5. The van der Waals surface area contributed by atoms with Crippen molar-refractivity contribution in [3.05, 3.63) is 51.7 Å². The zero-order chi connectivity index (χ0) is 21.3. The molecule has 30 heavy (non-hydrogen) atoms. The molecule has 3 heterocycles. The van der Waals surface area contributed by atoms with E-state index >= 15 is 0 Å². The quantitative estimate of drug-likeness (QED) is 0.533. The summed E-state index contributed by atoms with van der Waals surface area (Å²) >= 11 is 12.9. The van der Waals surface area contributed by atoms with Crippen molar-refractivity contribution in [1.82, 2.24) is 19.4 Å². The molecule has 0 spiro atoms. The number of hydrogen-bond donors (Lipinski definition) is 0. The second-order valence-electron chi connectivity index (χ2n) is 7.10. The zero-order valence-electron chi connectivity index (χ0n) is 16.8. The molecule has 1 amide bonds. The SMILES string of the molecule is COCCCn1c2c(c3ccc(Cl)c(Cl)c31)CN(C(=O)c1ncc(OC)cn1)CC2. The van der Waals surface area contributed by atoms with Crippen LogP contribution in [0.5, 0.6) is 5.75 Å². The number of rotatable bonds is 6. The zero-order valence-corrected chi connectivity index (χ0v) is 18.3. The number of nitrogens with zero attached hydrogens (tertiary/aromatic N) is 4. The Bertz CT molecular complexity index is 1080. The van der Waals surface area contributed by atoms with E-state index in [1.165, 1.54) is 25.2 Å². The van der Waals surface area contributed by atoms with E-state index in [0.717, 1.165) is 29.4 Å². The van der Waals surface area contributed by atoms with Gasteiger partial charge >= 0.3 is 0 Å². The average Bonchev–Trinajstić information content (AvgIpc) is 3.09. The molecule has 2 aromatic heterocycles. The molecule has 158 valence electrons. The fraction of sp³-hybridized carbons (Fsp3) is 0.381. The molecule has 0 saturated heterocycles. The first-order valence-electron chi connectivity index (χ1n) is 9.67. The van der Waals surface area contributed by atoms with Crippen molar-refractivity contribution in [2.24, 2.45) is 0 Å². The molecule has 0 aliphatic carbocycles. The topological polar surface area (TPSA) is 69.5 Å². The summed E-state index contributed by atoms with van der Waals surface area (Å²) in [5.74, 6) is 0.464. The van der Waals surface area contributed by atoms with E-state index in [1.807, 2.05) is 6.07 Å². The van der Waals surface area contributed by atoms with Gasteiger partial charge in [0.15, 0.2) is 5.75 Å². The van der Waals surface area contributed by atoms with Crippen molar-refractivity contribution >= 4 is 40.0 Å². The van der Waals surface area contributed by atoms with Gasteiger partial charge < -0.3 is 18.9 Å². The lowest BCUT2D eigenvalue weighted by atomic mass is 10.0. The first-order valence-corrected chi connectivity index (χ1v) is 10.4. The van der Waals surface area contributed by atoms with Gasteiger partial charge in [-0.25, -0.2) is 9.97 Å². The molecule has 4 rings (SSSR count). The third-order valence-electron chi connectivity index (χ3n) is 5.38. The van der Waals surface area contributed by atoms with Crippen molar-refractivity contribution < 1.29 is 14.3 Å². The van der Waals surface area contributed by atoms with E-state index in [2.05, 4.69) is 14.5 Å². The van der Waals surface area contributed by atoms with E-state index < -0.39 is 0 Å². The van der Waals surface area contributed by atoms with E-state index in [-0.39, 0.29) is 11.7 Å². The maximum absolute atomic E-state index is 13.0. The lowest BCUT2D eigenvalue weighted by molar-refractivity contribution is 0.0721. The van der Waals surface area contributed by atoms with Gasteiger partial charge in [0.25, 0.3) is 5.91 Å². The number of hydrogen-bond acceptors (Lipinski definition) is 5. The van der Waals surface area contributed by atoms with Crippen LogP contribution in [-0.4, -0.2) is 52.7 Å². The third kappa shape index (κ3) is 3.73. The number of ether oxygens (including phenoxy) is 2. The predicted octanol–water partition coefficient (Wildman–Crippen LogP) is 3.98. The highest BCUT2D eigenvalue weighted by Gasteiger charge is 2.29. The van der Waals surface area contributed by atoms with Gasteiger partial charge in [0.1, 0.15) is 0 Å². The molecule has 0 radical (unpaired) electrons. The van der Waals surface area contributed by atoms with Gasteiger partial charge in [-0.1, -0.05) is 29.3 Å².